The molecule has 1 saturated carbocycles. The summed E-state index contributed by atoms with van der Waals surface area (Å²) in [5.74, 6) is 1.48. The first-order chi connectivity index (χ1) is 10.2. The Hall–Kier alpha value is -1.80. The molecule has 0 amide bonds. The van der Waals surface area contributed by atoms with Crippen molar-refractivity contribution in [3.63, 3.8) is 0 Å². The number of benzene rings is 2. The van der Waals surface area contributed by atoms with Crippen LogP contribution in [0.2, 0.25) is 0 Å². The Kier molecular flexibility index (Phi) is 4.26. The topological polar surface area (TPSA) is 35.2 Å². The highest BCUT2D eigenvalue weighted by atomic mass is 16.5. The van der Waals surface area contributed by atoms with Crippen molar-refractivity contribution >= 4 is 0 Å². The second kappa shape index (κ2) is 6.31. The van der Waals surface area contributed by atoms with Gasteiger partial charge in [0.1, 0.15) is 11.9 Å². The van der Waals surface area contributed by atoms with E-state index in [4.69, 9.17) is 10.5 Å². The normalized spacial score (nSPS) is 25.5. The van der Waals surface area contributed by atoms with Crippen LogP contribution >= 0.6 is 0 Å². The van der Waals surface area contributed by atoms with Crippen LogP contribution in [0.25, 0.3) is 0 Å². The van der Waals surface area contributed by atoms with Crippen LogP contribution in [0.5, 0.6) is 5.75 Å². The molecule has 21 heavy (non-hydrogen) atoms. The monoisotopic (exact) mass is 281 g/mol. The molecule has 2 nitrogen and oxygen atoms in total. The lowest BCUT2D eigenvalue weighted by molar-refractivity contribution is 0.121. The predicted molar refractivity (Wildman–Crippen MR) is 86.6 cm³/mol. The Morgan fingerprint density at radius 3 is 2.38 bits per heavy atom. The summed E-state index contributed by atoms with van der Waals surface area (Å²) in [6.45, 7) is 2.08. The standard InChI is InChI=1S/C19H23NO/c1-14-7-10-17(11-8-14)21-19-13-16(9-12-18(19)20)15-5-3-2-4-6-15/h2-8,10-11,16,18-19H,9,12-13,20H2,1H3. The van der Waals surface area contributed by atoms with E-state index in [-0.39, 0.29) is 12.1 Å². The molecule has 2 heteroatoms. The summed E-state index contributed by atoms with van der Waals surface area (Å²) in [6, 6.07) is 19.1. The van der Waals surface area contributed by atoms with Gasteiger partial charge in [-0.2, -0.15) is 0 Å². The van der Waals surface area contributed by atoms with E-state index in [0.717, 1.165) is 25.0 Å². The Morgan fingerprint density at radius 2 is 1.67 bits per heavy atom. The molecular formula is C19H23NO. The summed E-state index contributed by atoms with van der Waals surface area (Å²) < 4.78 is 6.15. The SMILES string of the molecule is Cc1ccc(OC2CC(c3ccccc3)CCC2N)cc1. The van der Waals surface area contributed by atoms with Crippen LogP contribution in [-0.4, -0.2) is 12.1 Å². The predicted octanol–water partition coefficient (Wildman–Crippen LogP) is 4.04. The Morgan fingerprint density at radius 1 is 0.952 bits per heavy atom. The maximum atomic E-state index is 6.27. The maximum Gasteiger partial charge on any atom is 0.119 e. The van der Waals surface area contributed by atoms with Crippen molar-refractivity contribution in [2.45, 2.75) is 44.2 Å². The number of aryl methyl sites for hydroxylation is 1. The zero-order valence-corrected chi connectivity index (χ0v) is 12.5. The highest BCUT2D eigenvalue weighted by Crippen LogP contribution is 2.34. The minimum absolute atomic E-state index is 0.103. The molecule has 3 atom stereocenters. The average Bonchev–Trinajstić information content (AvgIpc) is 2.52. The zero-order chi connectivity index (χ0) is 14.7. The molecule has 3 unspecified atom stereocenters. The van der Waals surface area contributed by atoms with Gasteiger partial charge in [-0.15, -0.1) is 0 Å². The number of ether oxygens (including phenoxy) is 1. The van der Waals surface area contributed by atoms with Crippen LogP contribution < -0.4 is 10.5 Å². The summed E-state index contributed by atoms with van der Waals surface area (Å²) in [7, 11) is 0. The molecule has 1 fully saturated rings. The van der Waals surface area contributed by atoms with E-state index in [1.54, 1.807) is 0 Å². The first-order valence-electron chi connectivity index (χ1n) is 7.76. The minimum Gasteiger partial charge on any atom is -0.489 e. The summed E-state index contributed by atoms with van der Waals surface area (Å²) in [4.78, 5) is 0. The quantitative estimate of drug-likeness (QED) is 0.921. The van der Waals surface area contributed by atoms with E-state index in [9.17, 15) is 0 Å². The molecule has 0 heterocycles. The van der Waals surface area contributed by atoms with Crippen molar-refractivity contribution < 1.29 is 4.74 Å². The van der Waals surface area contributed by atoms with Gasteiger partial charge in [0.05, 0.1) is 0 Å². The van der Waals surface area contributed by atoms with Crippen LogP contribution in [0.15, 0.2) is 54.6 Å². The first kappa shape index (κ1) is 14.2. The molecule has 2 aromatic rings. The van der Waals surface area contributed by atoms with Gasteiger partial charge in [-0.3, -0.25) is 0 Å². The summed E-state index contributed by atoms with van der Waals surface area (Å²) in [5.41, 5.74) is 8.92. The van der Waals surface area contributed by atoms with Crippen molar-refractivity contribution in [3.8, 4) is 5.75 Å². The number of hydrogen-bond acceptors (Lipinski definition) is 2. The smallest absolute Gasteiger partial charge is 0.119 e. The van der Waals surface area contributed by atoms with Crippen molar-refractivity contribution in [3.05, 3.63) is 65.7 Å². The van der Waals surface area contributed by atoms with E-state index < -0.39 is 0 Å². The van der Waals surface area contributed by atoms with Gasteiger partial charge >= 0.3 is 0 Å². The lowest BCUT2D eigenvalue weighted by atomic mass is 9.80. The van der Waals surface area contributed by atoms with Crippen LogP contribution in [0, 0.1) is 6.92 Å². The molecule has 0 saturated heterocycles. The number of nitrogens with two attached hydrogens (primary N) is 1. The van der Waals surface area contributed by atoms with Crippen LogP contribution in [-0.2, 0) is 0 Å². The van der Waals surface area contributed by atoms with Gasteiger partial charge in [0.15, 0.2) is 0 Å². The van der Waals surface area contributed by atoms with E-state index >= 15 is 0 Å². The summed E-state index contributed by atoms with van der Waals surface area (Å²) in [6.07, 6.45) is 3.28. The molecule has 2 aromatic carbocycles. The highest BCUT2D eigenvalue weighted by molar-refractivity contribution is 5.27. The van der Waals surface area contributed by atoms with Gasteiger partial charge in [0.2, 0.25) is 0 Å². The second-order valence-corrected chi connectivity index (χ2v) is 6.05. The lowest BCUT2D eigenvalue weighted by Crippen LogP contribution is -2.43. The molecule has 0 aromatic heterocycles. The molecule has 2 N–H and O–H groups in total. The third-order valence-corrected chi connectivity index (χ3v) is 4.42. The molecule has 0 spiro atoms. The average molecular weight is 281 g/mol. The third-order valence-electron chi connectivity index (χ3n) is 4.42. The number of hydrogen-bond donors (Lipinski definition) is 1. The fourth-order valence-electron chi connectivity index (χ4n) is 3.11. The van der Waals surface area contributed by atoms with E-state index in [0.29, 0.717) is 5.92 Å². The summed E-state index contributed by atoms with van der Waals surface area (Å²) >= 11 is 0. The lowest BCUT2D eigenvalue weighted by Gasteiger charge is -2.34. The fourth-order valence-corrected chi connectivity index (χ4v) is 3.11. The maximum absolute atomic E-state index is 6.27. The Labute approximate surface area is 126 Å². The van der Waals surface area contributed by atoms with Crippen molar-refractivity contribution in [1.29, 1.82) is 0 Å². The fraction of sp³-hybridized carbons (Fsp3) is 0.368. The van der Waals surface area contributed by atoms with E-state index in [2.05, 4.69) is 49.4 Å². The molecule has 0 radical (unpaired) electrons. The number of rotatable bonds is 3. The summed E-state index contributed by atoms with van der Waals surface area (Å²) in [5, 5.41) is 0. The highest BCUT2D eigenvalue weighted by Gasteiger charge is 2.30. The van der Waals surface area contributed by atoms with Gasteiger partial charge in [-0.05, 0) is 49.8 Å². The van der Waals surface area contributed by atoms with E-state index in [1.807, 2.05) is 12.1 Å². The molecule has 110 valence electrons. The largest absolute Gasteiger partial charge is 0.489 e. The molecule has 1 aliphatic carbocycles. The van der Waals surface area contributed by atoms with Crippen molar-refractivity contribution in [2.75, 3.05) is 0 Å². The van der Waals surface area contributed by atoms with Gasteiger partial charge in [0, 0.05) is 6.04 Å². The van der Waals surface area contributed by atoms with Crippen LogP contribution in [0.3, 0.4) is 0 Å². The van der Waals surface area contributed by atoms with Gasteiger partial charge in [0.25, 0.3) is 0 Å². The first-order valence-corrected chi connectivity index (χ1v) is 7.76. The van der Waals surface area contributed by atoms with Gasteiger partial charge < -0.3 is 10.5 Å². The zero-order valence-electron chi connectivity index (χ0n) is 12.5. The molecular weight excluding hydrogens is 258 g/mol. The van der Waals surface area contributed by atoms with E-state index in [1.165, 1.54) is 11.1 Å². The Balaban J connectivity index is 1.70. The van der Waals surface area contributed by atoms with Crippen LogP contribution in [0.1, 0.15) is 36.3 Å². The minimum atomic E-state index is 0.103. The second-order valence-electron chi connectivity index (χ2n) is 6.05. The van der Waals surface area contributed by atoms with Crippen molar-refractivity contribution in [1.82, 2.24) is 0 Å². The van der Waals surface area contributed by atoms with Crippen LogP contribution in [0.4, 0.5) is 0 Å². The molecule has 0 aliphatic heterocycles. The van der Waals surface area contributed by atoms with Gasteiger partial charge in [-0.1, -0.05) is 48.0 Å². The Bertz CT molecular complexity index is 564. The molecule has 0 bridgehead atoms. The molecule has 1 aliphatic rings. The molecule has 3 rings (SSSR count). The van der Waals surface area contributed by atoms with Gasteiger partial charge in [-0.25, -0.2) is 0 Å². The third kappa shape index (κ3) is 3.45. The van der Waals surface area contributed by atoms with Crippen molar-refractivity contribution in [2.24, 2.45) is 5.73 Å².